The van der Waals surface area contributed by atoms with Crippen LogP contribution in [-0.2, 0) is 6.61 Å². The van der Waals surface area contributed by atoms with Gasteiger partial charge in [-0.15, -0.1) is 10.2 Å². The molecule has 0 bridgehead atoms. The Morgan fingerprint density at radius 3 is 2.68 bits per heavy atom. The second-order valence-corrected chi connectivity index (χ2v) is 5.93. The van der Waals surface area contributed by atoms with Crippen molar-refractivity contribution in [1.29, 1.82) is 0 Å². The van der Waals surface area contributed by atoms with Crippen molar-refractivity contribution in [3.8, 4) is 11.5 Å². The molecule has 128 valence electrons. The molecule has 0 fully saturated rings. The molecule has 25 heavy (non-hydrogen) atoms. The van der Waals surface area contributed by atoms with Gasteiger partial charge in [0, 0.05) is 11.6 Å². The van der Waals surface area contributed by atoms with E-state index in [4.69, 9.17) is 13.9 Å². The number of benzene rings is 2. The van der Waals surface area contributed by atoms with Crippen molar-refractivity contribution in [3.05, 3.63) is 66.1 Å². The first-order valence-electron chi connectivity index (χ1n) is 7.55. The lowest BCUT2D eigenvalue weighted by atomic mass is 10.2. The summed E-state index contributed by atoms with van der Waals surface area (Å²) in [6.45, 7) is 0.146. The molecule has 0 saturated heterocycles. The summed E-state index contributed by atoms with van der Waals surface area (Å²) in [4.78, 5) is 12.0. The van der Waals surface area contributed by atoms with Gasteiger partial charge in [-0.25, -0.2) is 0 Å². The molecule has 1 heterocycles. The molecule has 0 saturated carbocycles. The van der Waals surface area contributed by atoms with Crippen LogP contribution in [0.4, 0.5) is 0 Å². The molecular weight excluding hydrogens is 340 g/mol. The molecule has 3 rings (SSSR count). The van der Waals surface area contributed by atoms with Crippen LogP contribution in [0.5, 0.6) is 11.5 Å². The number of Topliss-reactive ketones (excluding diaryl/α,β-unsaturated/α-hetero) is 1. The number of ether oxygens (including phenoxy) is 2. The van der Waals surface area contributed by atoms with Gasteiger partial charge in [0.15, 0.2) is 12.4 Å². The van der Waals surface area contributed by atoms with E-state index in [-0.39, 0.29) is 18.1 Å². The van der Waals surface area contributed by atoms with Crippen LogP contribution in [0.25, 0.3) is 0 Å². The lowest BCUT2D eigenvalue weighted by molar-refractivity contribution is 0.102. The monoisotopic (exact) mass is 356 g/mol. The first kappa shape index (κ1) is 17.0. The maximum absolute atomic E-state index is 12.0. The van der Waals surface area contributed by atoms with Gasteiger partial charge in [0.1, 0.15) is 11.5 Å². The van der Waals surface area contributed by atoms with Gasteiger partial charge in [-0.1, -0.05) is 48.2 Å². The third-order valence-electron chi connectivity index (χ3n) is 3.27. The van der Waals surface area contributed by atoms with Crippen LogP contribution in [0.15, 0.2) is 64.2 Å². The highest BCUT2D eigenvalue weighted by atomic mass is 32.2. The van der Waals surface area contributed by atoms with Crippen molar-refractivity contribution in [2.24, 2.45) is 0 Å². The summed E-state index contributed by atoms with van der Waals surface area (Å²) in [6, 6.07) is 16.3. The SMILES string of the molecule is COc1cccc(OCc2nnc(SCC(=O)c3ccccc3)o2)c1. The summed E-state index contributed by atoms with van der Waals surface area (Å²) < 4.78 is 16.2. The summed E-state index contributed by atoms with van der Waals surface area (Å²) in [7, 11) is 1.59. The van der Waals surface area contributed by atoms with Crippen molar-refractivity contribution in [3.63, 3.8) is 0 Å². The number of thioether (sulfide) groups is 1. The number of carbonyl (C=O) groups is 1. The molecule has 0 radical (unpaired) electrons. The highest BCUT2D eigenvalue weighted by Crippen LogP contribution is 2.21. The highest BCUT2D eigenvalue weighted by molar-refractivity contribution is 7.99. The van der Waals surface area contributed by atoms with Crippen LogP contribution in [0.2, 0.25) is 0 Å². The third-order valence-corrected chi connectivity index (χ3v) is 4.09. The molecule has 3 aromatic rings. The van der Waals surface area contributed by atoms with Crippen LogP contribution in [-0.4, -0.2) is 28.8 Å². The lowest BCUT2D eigenvalue weighted by Gasteiger charge is -2.05. The molecule has 0 aliphatic heterocycles. The minimum Gasteiger partial charge on any atom is -0.497 e. The largest absolute Gasteiger partial charge is 0.497 e. The molecule has 0 N–H and O–H groups in total. The molecule has 0 spiro atoms. The van der Waals surface area contributed by atoms with E-state index in [1.54, 1.807) is 25.3 Å². The van der Waals surface area contributed by atoms with Crippen molar-refractivity contribution < 1.29 is 18.7 Å². The molecule has 6 nitrogen and oxygen atoms in total. The lowest BCUT2D eigenvalue weighted by Crippen LogP contribution is -2.01. The number of aromatic nitrogens is 2. The Morgan fingerprint density at radius 2 is 1.88 bits per heavy atom. The molecule has 0 atom stereocenters. The average molecular weight is 356 g/mol. The Balaban J connectivity index is 1.51. The van der Waals surface area contributed by atoms with E-state index >= 15 is 0 Å². The summed E-state index contributed by atoms with van der Waals surface area (Å²) >= 11 is 1.21. The second kappa shape index (κ2) is 8.34. The molecule has 1 aromatic heterocycles. The summed E-state index contributed by atoms with van der Waals surface area (Å²) in [5.41, 5.74) is 0.663. The van der Waals surface area contributed by atoms with E-state index in [9.17, 15) is 4.79 Å². The predicted octanol–water partition coefficient (Wildman–Crippen LogP) is 3.63. The Hall–Kier alpha value is -2.80. The van der Waals surface area contributed by atoms with Gasteiger partial charge in [0.2, 0.25) is 0 Å². The van der Waals surface area contributed by atoms with Crippen LogP contribution >= 0.6 is 11.8 Å². The molecule has 7 heteroatoms. The van der Waals surface area contributed by atoms with E-state index in [0.717, 1.165) is 0 Å². The first-order chi connectivity index (χ1) is 12.2. The fourth-order valence-electron chi connectivity index (χ4n) is 2.03. The number of hydrogen-bond donors (Lipinski definition) is 0. The van der Waals surface area contributed by atoms with Gasteiger partial charge in [-0.3, -0.25) is 4.79 Å². The van der Waals surface area contributed by atoms with Crippen molar-refractivity contribution in [2.45, 2.75) is 11.8 Å². The van der Waals surface area contributed by atoms with E-state index in [2.05, 4.69) is 10.2 Å². The Labute approximate surface area is 149 Å². The van der Waals surface area contributed by atoms with Crippen LogP contribution < -0.4 is 9.47 Å². The van der Waals surface area contributed by atoms with Crippen LogP contribution in [0.1, 0.15) is 16.2 Å². The number of rotatable bonds is 8. The van der Waals surface area contributed by atoms with Gasteiger partial charge < -0.3 is 13.9 Å². The van der Waals surface area contributed by atoms with Gasteiger partial charge in [-0.2, -0.15) is 0 Å². The van der Waals surface area contributed by atoms with E-state index in [0.29, 0.717) is 28.2 Å². The normalized spacial score (nSPS) is 10.4. The summed E-state index contributed by atoms with van der Waals surface area (Å²) in [6.07, 6.45) is 0. The molecule has 2 aromatic carbocycles. The van der Waals surface area contributed by atoms with Crippen LogP contribution in [0.3, 0.4) is 0 Å². The Kier molecular flexibility index (Phi) is 5.69. The summed E-state index contributed by atoms with van der Waals surface area (Å²) in [5.74, 6) is 1.95. The number of hydrogen-bond acceptors (Lipinski definition) is 7. The third kappa shape index (κ3) is 4.84. The van der Waals surface area contributed by atoms with Crippen molar-refractivity contribution in [1.82, 2.24) is 10.2 Å². The maximum Gasteiger partial charge on any atom is 0.277 e. The quantitative estimate of drug-likeness (QED) is 0.451. The zero-order valence-corrected chi connectivity index (χ0v) is 14.4. The maximum atomic E-state index is 12.0. The van der Waals surface area contributed by atoms with Gasteiger partial charge in [0.25, 0.3) is 11.1 Å². The number of nitrogens with zero attached hydrogens (tertiary/aromatic N) is 2. The van der Waals surface area contributed by atoms with E-state index in [1.807, 2.05) is 36.4 Å². The Bertz CT molecular complexity index is 836. The standard InChI is InChI=1S/C18H16N2O4S/c1-22-14-8-5-9-15(10-14)23-11-17-19-20-18(24-17)25-12-16(21)13-6-3-2-4-7-13/h2-10H,11-12H2,1H3. The molecule has 0 aliphatic rings. The van der Waals surface area contributed by atoms with E-state index in [1.165, 1.54) is 11.8 Å². The predicted molar refractivity (Wildman–Crippen MR) is 93.1 cm³/mol. The minimum absolute atomic E-state index is 0.0120. The van der Waals surface area contributed by atoms with Gasteiger partial charge in [-0.05, 0) is 12.1 Å². The topological polar surface area (TPSA) is 74.5 Å². The molecule has 0 aliphatic carbocycles. The fourth-order valence-corrected chi connectivity index (χ4v) is 2.70. The zero-order valence-electron chi connectivity index (χ0n) is 13.5. The minimum atomic E-state index is 0.0120. The van der Waals surface area contributed by atoms with Gasteiger partial charge >= 0.3 is 0 Å². The van der Waals surface area contributed by atoms with Gasteiger partial charge in [0.05, 0.1) is 12.9 Å². The smallest absolute Gasteiger partial charge is 0.277 e. The number of ketones is 1. The zero-order chi connectivity index (χ0) is 17.5. The van der Waals surface area contributed by atoms with Crippen molar-refractivity contribution in [2.75, 3.05) is 12.9 Å². The average Bonchev–Trinajstić information content (AvgIpc) is 3.13. The fraction of sp³-hybridized carbons (Fsp3) is 0.167. The summed E-state index contributed by atoms with van der Waals surface area (Å²) in [5, 5.41) is 8.18. The van der Waals surface area contributed by atoms with Crippen molar-refractivity contribution >= 4 is 17.5 Å². The first-order valence-corrected chi connectivity index (χ1v) is 8.53. The van der Waals surface area contributed by atoms with E-state index < -0.39 is 0 Å². The molecular formula is C18H16N2O4S. The Morgan fingerprint density at radius 1 is 1.08 bits per heavy atom. The molecule has 0 amide bonds. The second-order valence-electron chi connectivity index (χ2n) is 5.01. The van der Waals surface area contributed by atoms with Crippen LogP contribution in [0, 0.1) is 0 Å². The molecule has 0 unspecified atom stereocenters. The number of methoxy groups -OCH3 is 1. The number of carbonyl (C=O) groups excluding carboxylic acids is 1. The highest BCUT2D eigenvalue weighted by Gasteiger charge is 2.11.